The van der Waals surface area contributed by atoms with Crippen LogP contribution in [0.2, 0.25) is 0 Å². The second-order valence-corrected chi connectivity index (χ2v) is 8.54. The molecule has 0 amide bonds. The van der Waals surface area contributed by atoms with E-state index in [0.717, 1.165) is 20.5 Å². The molecule has 30 heavy (non-hydrogen) atoms. The van der Waals surface area contributed by atoms with Gasteiger partial charge in [0, 0.05) is 34.0 Å². The lowest BCUT2D eigenvalue weighted by Crippen LogP contribution is -2.53. The molecule has 3 aromatic rings. The van der Waals surface area contributed by atoms with Crippen molar-refractivity contribution in [1.82, 2.24) is 0 Å². The summed E-state index contributed by atoms with van der Waals surface area (Å²) in [5.74, 6) is -3.27. The maximum Gasteiger partial charge on any atom is 0.301 e. The molecule has 1 fully saturated rings. The van der Waals surface area contributed by atoms with E-state index in [4.69, 9.17) is 9.47 Å². The quantitative estimate of drug-likeness (QED) is 0.563. The third kappa shape index (κ3) is 3.76. The molecule has 0 aliphatic carbocycles. The number of alkyl halides is 2. The van der Waals surface area contributed by atoms with Crippen LogP contribution in [0.1, 0.15) is 28.5 Å². The maximum absolute atomic E-state index is 14.0. The van der Waals surface area contributed by atoms with Gasteiger partial charge in [0.05, 0.1) is 19.8 Å². The molecule has 2 heterocycles. The summed E-state index contributed by atoms with van der Waals surface area (Å²) in [5, 5.41) is 30.8. The first kappa shape index (κ1) is 21.0. The number of phenols is 1. The molecule has 1 aliphatic rings. The molecule has 3 N–H and O–H groups in total. The Kier molecular flexibility index (Phi) is 5.67. The zero-order valence-electron chi connectivity index (χ0n) is 16.2. The molecule has 3 atom stereocenters. The molecule has 1 aromatic heterocycles. The van der Waals surface area contributed by atoms with Gasteiger partial charge in [-0.15, -0.1) is 11.3 Å². The SMILES string of the molecule is COc1cc(O)c(C2CC(O)C(F)(F)C(CO)O2)cc1Cc1cc2ccccc2s1. The molecular formula is C22H22F2O5S. The van der Waals surface area contributed by atoms with Crippen LogP contribution in [0.15, 0.2) is 42.5 Å². The molecule has 0 bridgehead atoms. The normalized spacial score (nSPS) is 23.6. The minimum Gasteiger partial charge on any atom is -0.507 e. The van der Waals surface area contributed by atoms with Crippen molar-refractivity contribution in [2.24, 2.45) is 0 Å². The minimum absolute atomic E-state index is 0.175. The lowest BCUT2D eigenvalue weighted by atomic mass is 9.91. The smallest absolute Gasteiger partial charge is 0.301 e. The minimum atomic E-state index is -3.56. The van der Waals surface area contributed by atoms with Gasteiger partial charge in [-0.25, -0.2) is 8.78 Å². The van der Waals surface area contributed by atoms with Crippen LogP contribution in [0.3, 0.4) is 0 Å². The Morgan fingerprint density at radius 3 is 2.70 bits per heavy atom. The zero-order chi connectivity index (χ0) is 21.5. The average Bonchev–Trinajstić information content (AvgIpc) is 3.13. The molecule has 3 unspecified atom stereocenters. The number of phenolic OH excluding ortho intramolecular Hbond substituents is 1. The van der Waals surface area contributed by atoms with E-state index in [9.17, 15) is 24.1 Å². The predicted molar refractivity (Wildman–Crippen MR) is 110 cm³/mol. The van der Waals surface area contributed by atoms with Gasteiger partial charge < -0.3 is 24.8 Å². The molecule has 1 saturated heterocycles. The van der Waals surface area contributed by atoms with Gasteiger partial charge >= 0.3 is 5.92 Å². The second-order valence-electron chi connectivity index (χ2n) is 7.37. The van der Waals surface area contributed by atoms with E-state index in [1.165, 1.54) is 13.2 Å². The topological polar surface area (TPSA) is 79.2 Å². The van der Waals surface area contributed by atoms with Crippen molar-refractivity contribution in [3.05, 3.63) is 58.5 Å². The Labute approximate surface area is 176 Å². The highest BCUT2D eigenvalue weighted by Crippen LogP contribution is 2.44. The van der Waals surface area contributed by atoms with E-state index >= 15 is 0 Å². The fourth-order valence-corrected chi connectivity index (χ4v) is 4.90. The van der Waals surface area contributed by atoms with E-state index in [0.29, 0.717) is 12.2 Å². The van der Waals surface area contributed by atoms with Gasteiger partial charge in [0.2, 0.25) is 0 Å². The van der Waals surface area contributed by atoms with Crippen molar-refractivity contribution >= 4 is 21.4 Å². The Bertz CT molecular complexity index is 1020. The number of hydrogen-bond donors (Lipinski definition) is 3. The first-order valence-electron chi connectivity index (χ1n) is 9.53. The fourth-order valence-electron chi connectivity index (χ4n) is 3.81. The number of aliphatic hydroxyl groups excluding tert-OH is 2. The summed E-state index contributed by atoms with van der Waals surface area (Å²) in [6.07, 6.45) is -4.69. The number of aliphatic hydroxyl groups is 2. The van der Waals surface area contributed by atoms with Gasteiger partial charge in [-0.2, -0.15) is 0 Å². The number of benzene rings is 2. The molecule has 8 heteroatoms. The molecule has 4 rings (SSSR count). The summed E-state index contributed by atoms with van der Waals surface area (Å²) in [7, 11) is 1.49. The van der Waals surface area contributed by atoms with Crippen LogP contribution in [0.5, 0.6) is 11.5 Å². The first-order chi connectivity index (χ1) is 14.3. The molecule has 160 valence electrons. The van der Waals surface area contributed by atoms with Crippen LogP contribution < -0.4 is 4.74 Å². The highest BCUT2D eigenvalue weighted by molar-refractivity contribution is 7.19. The number of aromatic hydroxyl groups is 1. The highest BCUT2D eigenvalue weighted by Gasteiger charge is 2.53. The largest absolute Gasteiger partial charge is 0.507 e. The Balaban J connectivity index is 1.68. The van der Waals surface area contributed by atoms with Gasteiger partial charge in [-0.05, 0) is 29.1 Å². The van der Waals surface area contributed by atoms with Crippen LogP contribution in [0, 0.1) is 0 Å². The number of hydrogen-bond acceptors (Lipinski definition) is 6. The molecule has 5 nitrogen and oxygen atoms in total. The second kappa shape index (κ2) is 8.11. The Morgan fingerprint density at radius 2 is 2.00 bits per heavy atom. The van der Waals surface area contributed by atoms with Gasteiger partial charge in [0.25, 0.3) is 0 Å². The lowest BCUT2D eigenvalue weighted by molar-refractivity contribution is -0.259. The van der Waals surface area contributed by atoms with Gasteiger partial charge in [-0.3, -0.25) is 0 Å². The van der Waals surface area contributed by atoms with Crippen molar-refractivity contribution in [1.29, 1.82) is 0 Å². The summed E-state index contributed by atoms with van der Waals surface area (Å²) >= 11 is 1.64. The number of halogens is 2. The standard InChI is InChI=1S/C22H22F2O5S/c1-28-17-9-16(26)15(18-10-20(27)22(23,24)21(11-25)29-18)8-13(17)7-14-6-12-4-2-3-5-19(12)30-14/h2-6,8-9,18,20-21,25-27H,7,10-11H2,1H3. The Morgan fingerprint density at radius 1 is 1.23 bits per heavy atom. The third-order valence-electron chi connectivity index (χ3n) is 5.42. The van der Waals surface area contributed by atoms with Crippen molar-refractivity contribution in [2.45, 2.75) is 37.1 Å². The molecule has 0 spiro atoms. The van der Waals surface area contributed by atoms with E-state index in [1.807, 2.05) is 24.3 Å². The molecular weight excluding hydrogens is 414 g/mol. The van der Waals surface area contributed by atoms with Crippen molar-refractivity contribution < 1.29 is 33.6 Å². The first-order valence-corrected chi connectivity index (χ1v) is 10.3. The average molecular weight is 436 g/mol. The molecule has 2 aromatic carbocycles. The summed E-state index contributed by atoms with van der Waals surface area (Å²) in [5.41, 5.74) is 1.03. The Hall–Kier alpha value is -2.26. The van der Waals surface area contributed by atoms with E-state index in [2.05, 4.69) is 6.07 Å². The third-order valence-corrected chi connectivity index (χ3v) is 6.54. The van der Waals surface area contributed by atoms with Crippen molar-refractivity contribution in [2.75, 3.05) is 13.7 Å². The van der Waals surface area contributed by atoms with Gasteiger partial charge in [-0.1, -0.05) is 18.2 Å². The van der Waals surface area contributed by atoms with Crippen molar-refractivity contribution in [3.8, 4) is 11.5 Å². The van der Waals surface area contributed by atoms with Crippen LogP contribution in [0.4, 0.5) is 8.78 Å². The lowest BCUT2D eigenvalue weighted by Gasteiger charge is -2.39. The number of rotatable bonds is 5. The summed E-state index contributed by atoms with van der Waals surface area (Å²) < 4.78 is 40.0. The number of ether oxygens (including phenoxy) is 2. The maximum atomic E-state index is 14.0. The molecule has 0 radical (unpaired) electrons. The zero-order valence-corrected chi connectivity index (χ0v) is 17.0. The van der Waals surface area contributed by atoms with Crippen LogP contribution in [-0.4, -0.2) is 47.2 Å². The monoisotopic (exact) mass is 436 g/mol. The summed E-state index contributed by atoms with van der Waals surface area (Å²) in [6.45, 7) is -0.938. The van der Waals surface area contributed by atoms with Crippen molar-refractivity contribution in [3.63, 3.8) is 0 Å². The fraction of sp³-hybridized carbons (Fsp3) is 0.364. The molecule has 0 saturated carbocycles. The summed E-state index contributed by atoms with van der Waals surface area (Å²) in [4.78, 5) is 1.08. The van der Waals surface area contributed by atoms with Crippen LogP contribution >= 0.6 is 11.3 Å². The van der Waals surface area contributed by atoms with E-state index in [1.54, 1.807) is 17.4 Å². The highest BCUT2D eigenvalue weighted by atomic mass is 32.1. The number of fused-ring (bicyclic) bond motifs is 1. The van der Waals surface area contributed by atoms with Crippen LogP contribution in [0.25, 0.3) is 10.1 Å². The van der Waals surface area contributed by atoms with E-state index < -0.39 is 37.3 Å². The van der Waals surface area contributed by atoms with Gasteiger partial charge in [0.1, 0.15) is 23.7 Å². The van der Waals surface area contributed by atoms with E-state index in [-0.39, 0.29) is 11.3 Å². The predicted octanol–water partition coefficient (Wildman–Crippen LogP) is 4.02. The van der Waals surface area contributed by atoms with Gasteiger partial charge in [0.15, 0.2) is 0 Å². The summed E-state index contributed by atoms with van der Waals surface area (Å²) in [6, 6.07) is 13.2. The molecule has 1 aliphatic heterocycles. The number of methoxy groups -OCH3 is 1. The number of thiophene rings is 1. The van der Waals surface area contributed by atoms with Crippen LogP contribution in [-0.2, 0) is 11.2 Å².